The number of carbonyl (C=O) groups is 1. The van der Waals surface area contributed by atoms with E-state index in [4.69, 9.17) is 20.3 Å². The molecule has 0 aliphatic rings. The minimum atomic E-state index is -0.499. The molecule has 0 atom stereocenters. The summed E-state index contributed by atoms with van der Waals surface area (Å²) >= 11 is 4.46. The molecule has 0 N–H and O–H groups in total. The van der Waals surface area contributed by atoms with Crippen LogP contribution in [0.15, 0.2) is 38.3 Å². The van der Waals surface area contributed by atoms with Crippen LogP contribution in [0.1, 0.15) is 10.6 Å². The molecule has 0 radical (unpaired) electrons. The van der Waals surface area contributed by atoms with Crippen LogP contribution in [0.4, 0.5) is 0 Å². The second kappa shape index (κ2) is 7.17. The number of benzene rings is 1. The predicted octanol–water partition coefficient (Wildman–Crippen LogP) is 3.45. The summed E-state index contributed by atoms with van der Waals surface area (Å²) in [6, 6.07) is 6.77. The average Bonchev–Trinajstić information content (AvgIpc) is 3.19. The summed E-state index contributed by atoms with van der Waals surface area (Å²) in [5.41, 5.74) is 0.733. The average molecular weight is 421 g/mol. The minimum absolute atomic E-state index is 0.135. The highest BCUT2D eigenvalue weighted by molar-refractivity contribution is 9.10. The number of terminal acetylenes is 1. The van der Waals surface area contributed by atoms with Gasteiger partial charge in [0.1, 0.15) is 21.7 Å². The van der Waals surface area contributed by atoms with Crippen molar-refractivity contribution in [2.75, 3.05) is 14.2 Å². The Morgan fingerprint density at radius 3 is 2.64 bits per heavy atom. The monoisotopic (exact) mass is 420 g/mol. The van der Waals surface area contributed by atoms with Gasteiger partial charge in [0.25, 0.3) is 0 Å². The second-order valence-electron chi connectivity index (χ2n) is 4.84. The molecule has 0 aliphatic heterocycles. The molecule has 0 unspecified atom stereocenters. The molecule has 25 heavy (non-hydrogen) atoms. The number of thiazole rings is 1. The van der Waals surface area contributed by atoms with Crippen molar-refractivity contribution in [2.45, 2.75) is 6.54 Å². The van der Waals surface area contributed by atoms with E-state index in [9.17, 15) is 4.79 Å². The van der Waals surface area contributed by atoms with Crippen molar-refractivity contribution < 1.29 is 18.7 Å². The predicted molar refractivity (Wildman–Crippen MR) is 98.1 cm³/mol. The normalized spacial score (nSPS) is 11.5. The van der Waals surface area contributed by atoms with Crippen molar-refractivity contribution in [3.63, 3.8) is 0 Å². The number of furan rings is 1. The lowest BCUT2D eigenvalue weighted by Gasteiger charge is -2.08. The van der Waals surface area contributed by atoms with Crippen molar-refractivity contribution in [2.24, 2.45) is 4.99 Å². The van der Waals surface area contributed by atoms with E-state index in [1.165, 1.54) is 11.3 Å². The van der Waals surface area contributed by atoms with Gasteiger partial charge in [-0.3, -0.25) is 4.79 Å². The molecule has 0 spiro atoms. The highest BCUT2D eigenvalue weighted by Gasteiger charge is 2.17. The molecule has 0 saturated heterocycles. The van der Waals surface area contributed by atoms with E-state index in [-0.39, 0.29) is 12.3 Å². The third-order valence-corrected chi connectivity index (χ3v) is 4.94. The van der Waals surface area contributed by atoms with Gasteiger partial charge in [0.15, 0.2) is 15.2 Å². The summed E-state index contributed by atoms with van der Waals surface area (Å²) < 4.78 is 19.1. The lowest BCUT2D eigenvalue weighted by atomic mass is 10.3. The molecule has 0 bridgehead atoms. The molecule has 0 fully saturated rings. The van der Waals surface area contributed by atoms with Crippen LogP contribution in [-0.2, 0) is 6.54 Å². The van der Waals surface area contributed by atoms with Crippen LogP contribution in [0.25, 0.3) is 10.2 Å². The lowest BCUT2D eigenvalue weighted by Crippen LogP contribution is -2.16. The SMILES string of the molecule is C#CCn1c(=NC(=O)c2ccc(Br)o2)sc2c(OC)ccc(OC)c21. The Hall–Kier alpha value is -2.50. The third kappa shape index (κ3) is 3.21. The zero-order valence-electron chi connectivity index (χ0n) is 13.4. The van der Waals surface area contributed by atoms with Crippen LogP contribution in [0, 0.1) is 12.3 Å². The molecule has 0 aliphatic carbocycles. The van der Waals surface area contributed by atoms with Gasteiger partial charge >= 0.3 is 5.91 Å². The quantitative estimate of drug-likeness (QED) is 0.606. The first-order valence-electron chi connectivity index (χ1n) is 7.11. The van der Waals surface area contributed by atoms with Gasteiger partial charge in [0.05, 0.1) is 20.8 Å². The number of amides is 1. The highest BCUT2D eigenvalue weighted by Crippen LogP contribution is 2.35. The zero-order chi connectivity index (χ0) is 18.0. The first-order chi connectivity index (χ1) is 12.1. The van der Waals surface area contributed by atoms with Gasteiger partial charge in [-0.25, -0.2) is 0 Å². The number of fused-ring (bicyclic) bond motifs is 1. The third-order valence-electron chi connectivity index (χ3n) is 3.42. The van der Waals surface area contributed by atoms with Crippen molar-refractivity contribution >= 4 is 43.4 Å². The van der Waals surface area contributed by atoms with Gasteiger partial charge in [-0.2, -0.15) is 4.99 Å². The minimum Gasteiger partial charge on any atom is -0.495 e. The molecule has 6 nitrogen and oxygen atoms in total. The molecule has 128 valence electrons. The van der Waals surface area contributed by atoms with Crippen LogP contribution in [-0.4, -0.2) is 24.7 Å². The molecule has 1 amide bonds. The number of nitrogens with zero attached hydrogens (tertiary/aromatic N) is 2. The smallest absolute Gasteiger partial charge is 0.315 e. The Bertz CT molecular complexity index is 1050. The van der Waals surface area contributed by atoms with Crippen LogP contribution >= 0.6 is 27.3 Å². The van der Waals surface area contributed by atoms with E-state index >= 15 is 0 Å². The fourth-order valence-electron chi connectivity index (χ4n) is 2.35. The Morgan fingerprint density at radius 1 is 1.32 bits per heavy atom. The van der Waals surface area contributed by atoms with Crippen LogP contribution in [0.2, 0.25) is 0 Å². The number of ether oxygens (including phenoxy) is 2. The fourth-order valence-corrected chi connectivity index (χ4v) is 3.79. The Morgan fingerprint density at radius 2 is 2.04 bits per heavy atom. The van der Waals surface area contributed by atoms with Crippen LogP contribution < -0.4 is 14.3 Å². The number of rotatable bonds is 4. The Kier molecular flexibility index (Phi) is 4.97. The fraction of sp³-hybridized carbons (Fsp3) is 0.176. The van der Waals surface area contributed by atoms with Gasteiger partial charge in [-0.15, -0.1) is 6.42 Å². The number of methoxy groups -OCH3 is 2. The largest absolute Gasteiger partial charge is 0.495 e. The van der Waals surface area contributed by atoms with Crippen molar-refractivity contribution in [3.05, 3.63) is 39.5 Å². The van der Waals surface area contributed by atoms with Crippen molar-refractivity contribution in [1.29, 1.82) is 0 Å². The molecule has 2 aromatic heterocycles. The van der Waals surface area contributed by atoms with E-state index in [1.807, 2.05) is 0 Å². The van der Waals surface area contributed by atoms with Crippen molar-refractivity contribution in [1.82, 2.24) is 4.57 Å². The van der Waals surface area contributed by atoms with E-state index in [0.29, 0.717) is 21.0 Å². The van der Waals surface area contributed by atoms with Gasteiger partial charge < -0.3 is 18.5 Å². The standard InChI is InChI=1S/C17H13BrN2O4S/c1-4-9-20-14-10(22-2)5-6-11(23-3)15(14)25-17(20)19-16(21)12-7-8-13(18)24-12/h1,5-8H,9H2,2-3H3. The van der Waals surface area contributed by atoms with Gasteiger partial charge in [-0.1, -0.05) is 17.3 Å². The Labute approximate surface area is 155 Å². The maximum Gasteiger partial charge on any atom is 0.315 e. The maximum atomic E-state index is 12.4. The summed E-state index contributed by atoms with van der Waals surface area (Å²) in [5, 5.41) is 0. The molecular formula is C17H13BrN2O4S. The summed E-state index contributed by atoms with van der Waals surface area (Å²) in [7, 11) is 3.15. The summed E-state index contributed by atoms with van der Waals surface area (Å²) in [6.07, 6.45) is 5.50. The summed E-state index contributed by atoms with van der Waals surface area (Å²) in [6.45, 7) is 0.234. The Balaban J connectivity index is 2.27. The molecule has 2 heterocycles. The van der Waals surface area contributed by atoms with E-state index in [1.54, 1.807) is 43.1 Å². The van der Waals surface area contributed by atoms with Gasteiger partial charge in [0, 0.05) is 0 Å². The van der Waals surface area contributed by atoms with Crippen LogP contribution in [0.3, 0.4) is 0 Å². The number of halogens is 1. The topological polar surface area (TPSA) is 66.0 Å². The highest BCUT2D eigenvalue weighted by atomic mass is 79.9. The van der Waals surface area contributed by atoms with Crippen LogP contribution in [0.5, 0.6) is 11.5 Å². The molecule has 3 aromatic rings. The van der Waals surface area contributed by atoms with Gasteiger partial charge in [-0.05, 0) is 40.2 Å². The number of hydrogen-bond donors (Lipinski definition) is 0. The molecule has 3 rings (SSSR count). The number of hydrogen-bond acceptors (Lipinski definition) is 5. The number of carbonyl (C=O) groups excluding carboxylic acids is 1. The van der Waals surface area contributed by atoms with E-state index in [2.05, 4.69) is 26.8 Å². The summed E-state index contributed by atoms with van der Waals surface area (Å²) in [5.74, 6) is 3.49. The molecule has 8 heteroatoms. The molecule has 0 saturated carbocycles. The molecule has 1 aromatic carbocycles. The summed E-state index contributed by atoms with van der Waals surface area (Å²) in [4.78, 5) is 17.0. The number of aromatic nitrogens is 1. The van der Waals surface area contributed by atoms with E-state index in [0.717, 1.165) is 10.2 Å². The maximum absolute atomic E-state index is 12.4. The van der Waals surface area contributed by atoms with E-state index < -0.39 is 5.91 Å². The zero-order valence-corrected chi connectivity index (χ0v) is 15.8. The molecular weight excluding hydrogens is 408 g/mol. The van der Waals surface area contributed by atoms with Crippen molar-refractivity contribution in [3.8, 4) is 23.8 Å². The second-order valence-corrected chi connectivity index (χ2v) is 6.60. The van der Waals surface area contributed by atoms with Gasteiger partial charge in [0.2, 0.25) is 0 Å². The first-order valence-corrected chi connectivity index (χ1v) is 8.72. The lowest BCUT2D eigenvalue weighted by molar-refractivity contribution is 0.0970. The first kappa shape index (κ1) is 17.3.